The lowest BCUT2D eigenvalue weighted by atomic mass is 9.92. The second-order valence-corrected chi connectivity index (χ2v) is 6.08. The van der Waals surface area contributed by atoms with Gasteiger partial charge in [0.25, 0.3) is 0 Å². The van der Waals surface area contributed by atoms with Crippen molar-refractivity contribution < 1.29 is 4.74 Å². The first kappa shape index (κ1) is 14.2. The summed E-state index contributed by atoms with van der Waals surface area (Å²) in [4.78, 5) is 9.64. The number of aromatic nitrogens is 1. The highest BCUT2D eigenvalue weighted by Crippen LogP contribution is 2.29. The maximum atomic E-state index is 5.27. The van der Waals surface area contributed by atoms with Crippen LogP contribution in [0, 0.1) is 0 Å². The van der Waals surface area contributed by atoms with Gasteiger partial charge in [0, 0.05) is 23.4 Å². The number of hydrogen-bond donors (Lipinski definition) is 1. The van der Waals surface area contributed by atoms with Crippen molar-refractivity contribution in [1.29, 1.82) is 0 Å². The van der Waals surface area contributed by atoms with Crippen molar-refractivity contribution in [3.63, 3.8) is 0 Å². The van der Waals surface area contributed by atoms with E-state index in [0.717, 1.165) is 54.3 Å². The number of aliphatic imine (C=N–C) groups is 1. The molecule has 0 atom stereocenters. The first-order chi connectivity index (χ1) is 11.3. The minimum Gasteiger partial charge on any atom is -0.497 e. The summed E-state index contributed by atoms with van der Waals surface area (Å²) in [6.07, 6.45) is 4.71. The molecule has 0 fully saturated rings. The highest BCUT2D eigenvalue weighted by Gasteiger charge is 2.20. The van der Waals surface area contributed by atoms with Crippen LogP contribution in [0.4, 0.5) is 0 Å². The molecular weight excluding hydrogens is 286 g/mol. The van der Waals surface area contributed by atoms with Crippen LogP contribution in [0.1, 0.15) is 29.7 Å². The summed E-state index contributed by atoms with van der Waals surface area (Å²) in [6.45, 7) is 1.75. The summed E-state index contributed by atoms with van der Waals surface area (Å²) in [5.74, 6) is 1.85. The molecule has 4 rings (SSSR count). The minimum atomic E-state index is 0.842. The first-order valence-electron chi connectivity index (χ1n) is 8.31. The van der Waals surface area contributed by atoms with Gasteiger partial charge in [-0.2, -0.15) is 0 Å². The van der Waals surface area contributed by atoms with Gasteiger partial charge >= 0.3 is 0 Å². The highest BCUT2D eigenvalue weighted by molar-refractivity contribution is 6.04. The Kier molecular flexibility index (Phi) is 3.74. The van der Waals surface area contributed by atoms with E-state index in [4.69, 9.17) is 9.72 Å². The number of aryl methyl sites for hydroxylation is 2. The van der Waals surface area contributed by atoms with E-state index in [1.165, 1.54) is 24.1 Å². The molecule has 0 spiro atoms. The summed E-state index contributed by atoms with van der Waals surface area (Å²) in [5.41, 5.74) is 5.92. The number of methoxy groups -OCH3 is 1. The third kappa shape index (κ3) is 2.69. The molecule has 0 radical (unpaired) electrons. The molecule has 1 aliphatic carbocycles. The summed E-state index contributed by atoms with van der Waals surface area (Å²) < 4.78 is 5.27. The number of fused-ring (bicyclic) bond motifs is 1. The number of hydrogen-bond acceptors (Lipinski definition) is 4. The Hall–Kier alpha value is -2.36. The van der Waals surface area contributed by atoms with E-state index in [1.54, 1.807) is 7.11 Å². The fourth-order valence-electron chi connectivity index (χ4n) is 3.36. The van der Waals surface area contributed by atoms with Gasteiger partial charge in [-0.05, 0) is 61.6 Å². The summed E-state index contributed by atoms with van der Waals surface area (Å²) >= 11 is 0. The Morgan fingerprint density at radius 1 is 1.09 bits per heavy atom. The number of benzene rings is 1. The van der Waals surface area contributed by atoms with Gasteiger partial charge in [0.05, 0.1) is 19.3 Å². The number of nitrogens with one attached hydrogen (secondary N) is 1. The molecule has 1 aliphatic heterocycles. The zero-order valence-electron chi connectivity index (χ0n) is 13.4. The van der Waals surface area contributed by atoms with Gasteiger partial charge in [0.1, 0.15) is 11.6 Å². The molecular formula is C19H21N3O. The molecule has 1 N–H and O–H groups in total. The SMILES string of the molecule is COc1ccc(-c2nc3c(cc2C2=NCCN2)CCCC3)cc1. The third-order valence-electron chi connectivity index (χ3n) is 4.59. The lowest BCUT2D eigenvalue weighted by Gasteiger charge is -2.19. The van der Waals surface area contributed by atoms with E-state index in [0.29, 0.717) is 0 Å². The van der Waals surface area contributed by atoms with Gasteiger partial charge in [0.15, 0.2) is 0 Å². The van der Waals surface area contributed by atoms with Crippen molar-refractivity contribution in [2.24, 2.45) is 4.99 Å². The molecule has 118 valence electrons. The molecule has 0 bridgehead atoms. The van der Waals surface area contributed by atoms with E-state index in [-0.39, 0.29) is 0 Å². The van der Waals surface area contributed by atoms with Crippen LogP contribution in [0.3, 0.4) is 0 Å². The molecule has 0 saturated heterocycles. The standard InChI is InChI=1S/C19H21N3O/c1-23-15-8-6-13(7-9-15)18-16(19-20-10-11-21-19)12-14-4-2-3-5-17(14)22-18/h6-9,12H,2-5,10-11H2,1H3,(H,20,21). The topological polar surface area (TPSA) is 46.5 Å². The summed E-state index contributed by atoms with van der Waals surface area (Å²) in [6, 6.07) is 10.4. The summed E-state index contributed by atoms with van der Waals surface area (Å²) in [7, 11) is 1.69. The highest BCUT2D eigenvalue weighted by atomic mass is 16.5. The van der Waals surface area contributed by atoms with Gasteiger partial charge in [-0.3, -0.25) is 9.98 Å². The lowest BCUT2D eigenvalue weighted by molar-refractivity contribution is 0.415. The average Bonchev–Trinajstić information content (AvgIpc) is 3.15. The van der Waals surface area contributed by atoms with Crippen LogP contribution in [0.5, 0.6) is 5.75 Å². The maximum absolute atomic E-state index is 5.27. The number of pyridine rings is 1. The molecule has 4 heteroatoms. The first-order valence-corrected chi connectivity index (χ1v) is 8.31. The van der Waals surface area contributed by atoms with Crippen molar-refractivity contribution in [1.82, 2.24) is 10.3 Å². The van der Waals surface area contributed by atoms with Crippen LogP contribution >= 0.6 is 0 Å². The molecule has 0 amide bonds. The van der Waals surface area contributed by atoms with E-state index in [1.807, 2.05) is 12.1 Å². The van der Waals surface area contributed by atoms with Crippen molar-refractivity contribution in [3.05, 3.63) is 47.2 Å². The van der Waals surface area contributed by atoms with Crippen molar-refractivity contribution >= 4 is 5.84 Å². The second kappa shape index (κ2) is 6.03. The molecule has 2 aromatic rings. The minimum absolute atomic E-state index is 0.842. The van der Waals surface area contributed by atoms with E-state index in [2.05, 4.69) is 28.5 Å². The van der Waals surface area contributed by atoms with Crippen molar-refractivity contribution in [3.8, 4) is 17.0 Å². The van der Waals surface area contributed by atoms with Crippen LogP contribution in [0.2, 0.25) is 0 Å². The molecule has 0 saturated carbocycles. The van der Waals surface area contributed by atoms with Crippen LogP contribution in [-0.4, -0.2) is 31.0 Å². The fraction of sp³-hybridized carbons (Fsp3) is 0.368. The zero-order chi connectivity index (χ0) is 15.6. The Morgan fingerprint density at radius 3 is 2.65 bits per heavy atom. The van der Waals surface area contributed by atoms with Gasteiger partial charge < -0.3 is 10.1 Å². The molecule has 2 heterocycles. The molecule has 1 aromatic carbocycles. The van der Waals surface area contributed by atoms with Crippen molar-refractivity contribution in [2.75, 3.05) is 20.2 Å². The molecule has 4 nitrogen and oxygen atoms in total. The number of amidine groups is 1. The normalized spacial score (nSPS) is 16.5. The molecule has 23 heavy (non-hydrogen) atoms. The number of ether oxygens (including phenoxy) is 1. The smallest absolute Gasteiger partial charge is 0.130 e. The summed E-state index contributed by atoms with van der Waals surface area (Å²) in [5, 5.41) is 3.40. The Balaban J connectivity index is 1.84. The monoisotopic (exact) mass is 307 g/mol. The third-order valence-corrected chi connectivity index (χ3v) is 4.59. The fourth-order valence-corrected chi connectivity index (χ4v) is 3.36. The Morgan fingerprint density at radius 2 is 1.91 bits per heavy atom. The van der Waals surface area contributed by atoms with E-state index >= 15 is 0 Å². The average molecular weight is 307 g/mol. The van der Waals surface area contributed by atoms with Crippen molar-refractivity contribution in [2.45, 2.75) is 25.7 Å². The van der Waals surface area contributed by atoms with E-state index in [9.17, 15) is 0 Å². The van der Waals surface area contributed by atoms with Gasteiger partial charge in [-0.25, -0.2) is 0 Å². The molecule has 0 unspecified atom stereocenters. The van der Waals surface area contributed by atoms with Gasteiger partial charge in [0.2, 0.25) is 0 Å². The number of nitrogens with zero attached hydrogens (tertiary/aromatic N) is 2. The lowest BCUT2D eigenvalue weighted by Crippen LogP contribution is -2.22. The predicted octanol–water partition coefficient (Wildman–Crippen LogP) is 2.99. The van der Waals surface area contributed by atoms with Crippen LogP contribution in [0.25, 0.3) is 11.3 Å². The van der Waals surface area contributed by atoms with Gasteiger partial charge in [-0.1, -0.05) is 0 Å². The quantitative estimate of drug-likeness (QED) is 0.948. The predicted molar refractivity (Wildman–Crippen MR) is 92.3 cm³/mol. The van der Waals surface area contributed by atoms with Gasteiger partial charge in [-0.15, -0.1) is 0 Å². The maximum Gasteiger partial charge on any atom is 0.130 e. The van der Waals surface area contributed by atoms with E-state index < -0.39 is 0 Å². The van der Waals surface area contributed by atoms with Crippen LogP contribution < -0.4 is 10.1 Å². The van der Waals surface area contributed by atoms with Crippen LogP contribution in [0.15, 0.2) is 35.3 Å². The largest absolute Gasteiger partial charge is 0.497 e. The second-order valence-electron chi connectivity index (χ2n) is 6.08. The van der Waals surface area contributed by atoms with Crippen LogP contribution in [-0.2, 0) is 12.8 Å². The molecule has 1 aromatic heterocycles. The number of rotatable bonds is 3. The Bertz CT molecular complexity index is 750. The zero-order valence-corrected chi connectivity index (χ0v) is 13.4. The Labute approximate surface area is 136 Å². The molecule has 2 aliphatic rings.